The minimum atomic E-state index is -1.87. The molecular weight excluding hydrogens is 484 g/mol. The van der Waals surface area contributed by atoms with Crippen LogP contribution in [0, 0.1) is 5.92 Å². The topological polar surface area (TPSA) is 121 Å². The summed E-state index contributed by atoms with van der Waals surface area (Å²) in [7, 11) is 0. The molecule has 8 nitrogen and oxygen atoms in total. The van der Waals surface area contributed by atoms with Crippen molar-refractivity contribution >= 4 is 33.9 Å². The SMILES string of the molecule is CC[C@@]1(O)C(=O)OCC2=C1/C=C1\CCC(Cc3c1nc1cc4c(cc1c3-c1ccc(N)cc1)OCO4)C2=O. The van der Waals surface area contributed by atoms with Crippen molar-refractivity contribution in [1.29, 1.82) is 0 Å². The van der Waals surface area contributed by atoms with Crippen LogP contribution in [0.2, 0.25) is 0 Å². The number of nitrogens with two attached hydrogens (primary N) is 1. The molecule has 2 bridgehead atoms. The van der Waals surface area contributed by atoms with Gasteiger partial charge in [-0.2, -0.15) is 0 Å². The van der Waals surface area contributed by atoms with E-state index < -0.39 is 11.6 Å². The summed E-state index contributed by atoms with van der Waals surface area (Å²) in [6, 6.07) is 11.5. The maximum Gasteiger partial charge on any atom is 0.343 e. The van der Waals surface area contributed by atoms with Crippen LogP contribution in [0.5, 0.6) is 11.5 Å². The van der Waals surface area contributed by atoms with Gasteiger partial charge in [0.1, 0.15) is 6.61 Å². The highest BCUT2D eigenvalue weighted by Crippen LogP contribution is 2.47. The second kappa shape index (κ2) is 8.16. The van der Waals surface area contributed by atoms with E-state index >= 15 is 0 Å². The van der Waals surface area contributed by atoms with Gasteiger partial charge in [-0.25, -0.2) is 9.78 Å². The number of hydrogen-bond acceptors (Lipinski definition) is 8. The van der Waals surface area contributed by atoms with Crippen LogP contribution in [-0.4, -0.2) is 40.8 Å². The van der Waals surface area contributed by atoms with Crippen LogP contribution in [0.25, 0.3) is 27.6 Å². The van der Waals surface area contributed by atoms with Crippen molar-refractivity contribution < 1.29 is 28.9 Å². The van der Waals surface area contributed by atoms with Gasteiger partial charge in [0.15, 0.2) is 22.9 Å². The minimum Gasteiger partial charge on any atom is -0.458 e. The van der Waals surface area contributed by atoms with E-state index in [1.165, 1.54) is 0 Å². The van der Waals surface area contributed by atoms with Crippen LogP contribution in [0.15, 0.2) is 53.6 Å². The fraction of sp³-hybridized carbons (Fsp3) is 0.300. The number of hydrogen-bond donors (Lipinski definition) is 2. The fourth-order valence-electron chi connectivity index (χ4n) is 6.16. The third-order valence-electron chi connectivity index (χ3n) is 8.25. The van der Waals surface area contributed by atoms with Gasteiger partial charge in [-0.3, -0.25) is 4.79 Å². The second-order valence-electron chi connectivity index (χ2n) is 10.3. The Morgan fingerprint density at radius 1 is 1.11 bits per heavy atom. The maximum atomic E-state index is 13.9. The van der Waals surface area contributed by atoms with Crippen molar-refractivity contribution in [2.45, 2.75) is 38.2 Å². The number of allylic oxidation sites excluding steroid dienone is 1. The Hall–Kier alpha value is -4.17. The van der Waals surface area contributed by atoms with E-state index in [9.17, 15) is 14.7 Å². The number of benzene rings is 2. The molecule has 0 amide bonds. The van der Waals surface area contributed by atoms with Crippen LogP contribution in [0.1, 0.15) is 37.4 Å². The molecule has 0 saturated heterocycles. The molecule has 0 spiro atoms. The van der Waals surface area contributed by atoms with Gasteiger partial charge in [-0.15, -0.1) is 0 Å². The van der Waals surface area contributed by atoms with Crippen LogP contribution >= 0.6 is 0 Å². The Balaban J connectivity index is 1.56. The van der Waals surface area contributed by atoms with Gasteiger partial charge < -0.3 is 25.1 Å². The van der Waals surface area contributed by atoms with E-state index in [0.717, 1.165) is 38.9 Å². The molecular formula is C30H26N2O6. The Morgan fingerprint density at radius 3 is 2.63 bits per heavy atom. The first-order valence-corrected chi connectivity index (χ1v) is 12.9. The number of carbonyl (C=O) groups is 2. The molecule has 2 aromatic carbocycles. The molecule has 0 fully saturated rings. The third-order valence-corrected chi connectivity index (χ3v) is 8.25. The predicted molar refractivity (Wildman–Crippen MR) is 140 cm³/mol. The molecule has 2 aliphatic heterocycles. The molecule has 1 aromatic heterocycles. The number of rotatable bonds is 2. The standard InChI is InChI=1S/C30H26N2O6/c1-2-30(35)22-10-16-3-4-17(28(33)21(22)13-36-29(30)34)9-20-26(15-5-7-18(31)8-6-15)19-11-24-25(38-14-37-24)12-23(19)32-27(16)20/h5-8,10-12,17,35H,2-4,9,13-14,31H2,1H3/b16-10+/t17?,30-/m0/s1. The Kier molecular flexibility index (Phi) is 4.94. The summed E-state index contributed by atoms with van der Waals surface area (Å²) in [4.78, 5) is 31.7. The Labute approximate surface area is 218 Å². The van der Waals surface area contributed by atoms with Crippen LogP contribution in [0.3, 0.4) is 0 Å². The van der Waals surface area contributed by atoms with E-state index in [1.807, 2.05) is 42.5 Å². The van der Waals surface area contributed by atoms with E-state index in [0.29, 0.717) is 47.6 Å². The molecule has 192 valence electrons. The number of Topliss-reactive ketones (excluding diaryl/α,β-unsaturated/α-hetero) is 1. The normalized spacial score (nSPS) is 25.2. The highest BCUT2D eigenvalue weighted by Gasteiger charge is 2.47. The highest BCUT2D eigenvalue weighted by atomic mass is 16.7. The number of cyclic esters (lactones) is 1. The summed E-state index contributed by atoms with van der Waals surface area (Å²) in [6.45, 7) is 1.73. The van der Waals surface area contributed by atoms with Gasteiger partial charge in [0, 0.05) is 34.2 Å². The number of aliphatic hydroxyl groups is 1. The van der Waals surface area contributed by atoms with Crippen molar-refractivity contribution in [2.75, 3.05) is 19.1 Å². The smallest absolute Gasteiger partial charge is 0.343 e. The lowest BCUT2D eigenvalue weighted by Gasteiger charge is -2.34. The number of nitrogens with zero attached hydrogens (tertiary/aromatic N) is 1. The van der Waals surface area contributed by atoms with E-state index in [4.69, 9.17) is 24.9 Å². The first-order valence-electron chi connectivity index (χ1n) is 12.9. The zero-order chi connectivity index (χ0) is 26.2. The molecule has 8 heteroatoms. The molecule has 2 aliphatic carbocycles. The van der Waals surface area contributed by atoms with Gasteiger partial charge in [0.05, 0.1) is 11.2 Å². The van der Waals surface area contributed by atoms with Gasteiger partial charge >= 0.3 is 5.97 Å². The molecule has 3 aromatic rings. The number of nitrogen functional groups attached to an aromatic ring is 1. The quantitative estimate of drug-likeness (QED) is 0.390. The maximum absolute atomic E-state index is 13.9. The summed E-state index contributed by atoms with van der Waals surface area (Å²) >= 11 is 0. The Bertz CT molecular complexity index is 1620. The zero-order valence-corrected chi connectivity index (χ0v) is 20.9. The lowest BCUT2D eigenvalue weighted by atomic mass is 9.78. The number of esters is 1. The fourth-order valence-corrected chi connectivity index (χ4v) is 6.16. The summed E-state index contributed by atoms with van der Waals surface area (Å²) in [5.41, 5.74) is 10.8. The molecule has 2 atom stereocenters. The number of pyridine rings is 1. The van der Waals surface area contributed by atoms with Gasteiger partial charge in [0.2, 0.25) is 6.79 Å². The average Bonchev–Trinajstić information content (AvgIpc) is 3.31. The second-order valence-corrected chi connectivity index (χ2v) is 10.3. The van der Waals surface area contributed by atoms with Crippen LogP contribution in [-0.2, 0) is 20.7 Å². The molecule has 3 heterocycles. The Morgan fingerprint density at radius 2 is 1.87 bits per heavy atom. The predicted octanol–water partition coefficient (Wildman–Crippen LogP) is 4.13. The van der Waals surface area contributed by atoms with Crippen LogP contribution in [0.4, 0.5) is 5.69 Å². The molecule has 0 saturated carbocycles. The average molecular weight is 511 g/mol. The highest BCUT2D eigenvalue weighted by molar-refractivity contribution is 6.06. The number of ketones is 1. The van der Waals surface area contributed by atoms with Gasteiger partial charge in [-0.1, -0.05) is 19.1 Å². The van der Waals surface area contributed by atoms with E-state index in [1.54, 1.807) is 6.92 Å². The largest absolute Gasteiger partial charge is 0.458 e. The number of aromatic nitrogens is 1. The molecule has 38 heavy (non-hydrogen) atoms. The lowest BCUT2D eigenvalue weighted by Crippen LogP contribution is -2.47. The zero-order valence-electron chi connectivity index (χ0n) is 20.9. The van der Waals surface area contributed by atoms with Crippen molar-refractivity contribution in [3.63, 3.8) is 0 Å². The monoisotopic (exact) mass is 510 g/mol. The molecule has 7 rings (SSSR count). The van der Waals surface area contributed by atoms with E-state index in [-0.39, 0.29) is 31.5 Å². The van der Waals surface area contributed by atoms with E-state index in [2.05, 4.69) is 0 Å². The summed E-state index contributed by atoms with van der Waals surface area (Å²) in [5.74, 6) is 0.129. The molecule has 4 aliphatic rings. The molecule has 3 N–H and O–H groups in total. The minimum absolute atomic E-state index is 0.0865. The first kappa shape index (κ1) is 23.0. The van der Waals surface area contributed by atoms with Crippen molar-refractivity contribution in [1.82, 2.24) is 4.98 Å². The number of fused-ring (bicyclic) bond motifs is 7. The van der Waals surface area contributed by atoms with Crippen molar-refractivity contribution in [3.05, 3.63) is 64.9 Å². The van der Waals surface area contributed by atoms with Crippen molar-refractivity contribution in [2.24, 2.45) is 5.92 Å². The van der Waals surface area contributed by atoms with Crippen LogP contribution < -0.4 is 15.2 Å². The van der Waals surface area contributed by atoms with Gasteiger partial charge in [-0.05, 0) is 72.2 Å². The van der Waals surface area contributed by atoms with Crippen molar-refractivity contribution in [3.8, 4) is 22.6 Å². The summed E-state index contributed by atoms with van der Waals surface area (Å²) in [6.07, 6.45) is 3.62. The summed E-state index contributed by atoms with van der Waals surface area (Å²) < 4.78 is 16.6. The van der Waals surface area contributed by atoms with Gasteiger partial charge in [0.25, 0.3) is 0 Å². The number of anilines is 1. The first-order chi connectivity index (χ1) is 18.4. The lowest BCUT2D eigenvalue weighted by molar-refractivity contribution is -0.163. The molecule has 1 unspecified atom stereocenters. The third kappa shape index (κ3) is 3.23. The number of carbonyl (C=O) groups excluding carboxylic acids is 2. The molecule has 0 radical (unpaired) electrons. The summed E-state index contributed by atoms with van der Waals surface area (Å²) in [5, 5.41) is 12.3. The number of ether oxygens (including phenoxy) is 3.